The number of carbonyl (C=O) groups is 1. The van der Waals surface area contributed by atoms with Crippen LogP contribution in [0.5, 0.6) is 5.75 Å². The molecule has 140 valence electrons. The molecule has 0 saturated carbocycles. The van der Waals surface area contributed by atoms with E-state index in [0.29, 0.717) is 23.0 Å². The van der Waals surface area contributed by atoms with Gasteiger partial charge < -0.3 is 15.4 Å². The van der Waals surface area contributed by atoms with Gasteiger partial charge in [-0.25, -0.2) is 14.3 Å². The third-order valence-corrected chi connectivity index (χ3v) is 3.87. The monoisotopic (exact) mass is 368 g/mol. The number of rotatable bonds is 6. The first-order valence-corrected chi connectivity index (χ1v) is 8.32. The number of pyridine rings is 1. The van der Waals surface area contributed by atoms with Crippen molar-refractivity contribution >= 4 is 11.7 Å². The van der Waals surface area contributed by atoms with E-state index in [1.165, 1.54) is 9.25 Å². The minimum atomic E-state index is -0.378. The van der Waals surface area contributed by atoms with E-state index < -0.39 is 0 Å². The van der Waals surface area contributed by atoms with Gasteiger partial charge in [-0.2, -0.15) is 0 Å². The highest BCUT2D eigenvalue weighted by molar-refractivity contribution is 5.89. The number of urea groups is 1. The Morgan fingerprint density at radius 3 is 2.81 bits per heavy atom. The standard InChI is InChI=1S/C18H20N6O3/c1-23-16(15-8-3-4-9-19-15)22-24(18(23)26)11-10-20-17(25)21-13-6-5-7-14(12-13)27-2/h3-9,12H,10-11H2,1-2H3,(H2,20,21,25). The van der Waals surface area contributed by atoms with Gasteiger partial charge in [-0.15, -0.1) is 5.10 Å². The number of aromatic nitrogens is 4. The lowest BCUT2D eigenvalue weighted by atomic mass is 10.3. The fraction of sp³-hybridized carbons (Fsp3) is 0.222. The Morgan fingerprint density at radius 1 is 1.22 bits per heavy atom. The molecule has 0 unspecified atom stereocenters. The maximum Gasteiger partial charge on any atom is 0.346 e. The van der Waals surface area contributed by atoms with Crippen LogP contribution in [-0.4, -0.2) is 39.0 Å². The van der Waals surface area contributed by atoms with E-state index in [4.69, 9.17) is 4.74 Å². The van der Waals surface area contributed by atoms with Crippen molar-refractivity contribution in [3.8, 4) is 17.3 Å². The van der Waals surface area contributed by atoms with Crippen LogP contribution in [0.4, 0.5) is 10.5 Å². The predicted molar refractivity (Wildman–Crippen MR) is 101 cm³/mol. The van der Waals surface area contributed by atoms with Gasteiger partial charge in [0.15, 0.2) is 5.82 Å². The number of nitrogens with zero attached hydrogens (tertiary/aromatic N) is 4. The van der Waals surface area contributed by atoms with Gasteiger partial charge >= 0.3 is 11.7 Å². The van der Waals surface area contributed by atoms with Crippen molar-refractivity contribution in [2.24, 2.45) is 7.05 Å². The summed E-state index contributed by atoms with van der Waals surface area (Å²) >= 11 is 0. The Morgan fingerprint density at radius 2 is 2.07 bits per heavy atom. The second kappa shape index (κ2) is 8.17. The van der Waals surface area contributed by atoms with E-state index in [0.717, 1.165) is 0 Å². The third kappa shape index (κ3) is 4.32. The molecule has 2 heterocycles. The number of amides is 2. The van der Waals surface area contributed by atoms with Crippen LogP contribution in [0.25, 0.3) is 11.5 Å². The number of nitrogens with one attached hydrogen (secondary N) is 2. The molecular formula is C18H20N6O3. The van der Waals surface area contributed by atoms with Gasteiger partial charge in [-0.3, -0.25) is 9.55 Å². The number of anilines is 1. The summed E-state index contributed by atoms with van der Waals surface area (Å²) in [5, 5.41) is 9.70. The largest absolute Gasteiger partial charge is 0.497 e. The molecule has 0 bridgehead atoms. The Balaban J connectivity index is 1.59. The van der Waals surface area contributed by atoms with Crippen molar-refractivity contribution in [1.82, 2.24) is 24.6 Å². The zero-order chi connectivity index (χ0) is 19.2. The number of methoxy groups -OCH3 is 1. The first kappa shape index (κ1) is 18.2. The normalized spacial score (nSPS) is 10.4. The maximum atomic E-state index is 12.3. The van der Waals surface area contributed by atoms with E-state index in [9.17, 15) is 9.59 Å². The molecule has 9 nitrogen and oxygen atoms in total. The first-order valence-electron chi connectivity index (χ1n) is 8.32. The summed E-state index contributed by atoms with van der Waals surface area (Å²) in [4.78, 5) is 28.5. The van der Waals surface area contributed by atoms with Gasteiger partial charge in [0.2, 0.25) is 0 Å². The number of carbonyl (C=O) groups excluding carboxylic acids is 1. The lowest BCUT2D eigenvalue weighted by Crippen LogP contribution is -2.34. The zero-order valence-electron chi connectivity index (χ0n) is 15.0. The van der Waals surface area contributed by atoms with Crippen molar-refractivity contribution in [3.05, 3.63) is 59.1 Å². The molecule has 0 fully saturated rings. The summed E-state index contributed by atoms with van der Waals surface area (Å²) in [6.07, 6.45) is 1.64. The van der Waals surface area contributed by atoms with E-state index in [1.807, 2.05) is 6.07 Å². The highest BCUT2D eigenvalue weighted by atomic mass is 16.5. The molecule has 1 aromatic carbocycles. The minimum absolute atomic E-state index is 0.241. The Bertz CT molecular complexity index is 980. The molecule has 9 heteroatoms. The molecule has 3 rings (SSSR count). The molecule has 0 spiro atoms. The average molecular weight is 368 g/mol. The quantitative estimate of drug-likeness (QED) is 0.686. The zero-order valence-corrected chi connectivity index (χ0v) is 15.0. The third-order valence-electron chi connectivity index (χ3n) is 3.87. The van der Waals surface area contributed by atoms with E-state index >= 15 is 0 Å². The molecule has 0 aliphatic rings. The molecule has 2 amide bonds. The summed E-state index contributed by atoms with van der Waals surface area (Å²) in [5.41, 5.74) is 0.949. The second-order valence-electron chi connectivity index (χ2n) is 5.72. The van der Waals surface area contributed by atoms with Crippen LogP contribution in [-0.2, 0) is 13.6 Å². The summed E-state index contributed by atoms with van der Waals surface area (Å²) in [7, 11) is 3.20. The molecule has 0 aliphatic carbocycles. The maximum absolute atomic E-state index is 12.3. The lowest BCUT2D eigenvalue weighted by Gasteiger charge is -2.08. The fourth-order valence-corrected chi connectivity index (χ4v) is 2.50. The Kier molecular flexibility index (Phi) is 5.50. The molecule has 0 aliphatic heterocycles. The lowest BCUT2D eigenvalue weighted by molar-refractivity contribution is 0.251. The number of hydrogen-bond donors (Lipinski definition) is 2. The summed E-state index contributed by atoms with van der Waals surface area (Å²) < 4.78 is 7.84. The molecule has 0 saturated heterocycles. The van der Waals surface area contributed by atoms with Crippen molar-refractivity contribution < 1.29 is 9.53 Å². The van der Waals surface area contributed by atoms with Crippen molar-refractivity contribution in [3.63, 3.8) is 0 Å². The van der Waals surface area contributed by atoms with Crippen LogP contribution in [0.3, 0.4) is 0 Å². The fourth-order valence-electron chi connectivity index (χ4n) is 2.50. The molecular weight excluding hydrogens is 348 g/mol. The van der Waals surface area contributed by atoms with E-state index in [-0.39, 0.29) is 24.8 Å². The van der Waals surface area contributed by atoms with Crippen LogP contribution < -0.4 is 21.1 Å². The highest BCUT2D eigenvalue weighted by Crippen LogP contribution is 2.16. The van der Waals surface area contributed by atoms with Crippen LogP contribution in [0.1, 0.15) is 0 Å². The number of benzene rings is 1. The van der Waals surface area contributed by atoms with Crippen LogP contribution in [0.2, 0.25) is 0 Å². The summed E-state index contributed by atoms with van der Waals surface area (Å²) in [6, 6.07) is 12.1. The molecule has 2 N–H and O–H groups in total. The van der Waals surface area contributed by atoms with Gasteiger partial charge in [0.1, 0.15) is 11.4 Å². The first-order chi connectivity index (χ1) is 13.1. The van der Waals surface area contributed by atoms with E-state index in [1.54, 1.807) is 56.8 Å². The SMILES string of the molecule is COc1cccc(NC(=O)NCCn2nc(-c3ccccn3)n(C)c2=O)c1. The van der Waals surface area contributed by atoms with Gasteiger partial charge in [0, 0.05) is 31.5 Å². The summed E-state index contributed by atoms with van der Waals surface area (Å²) in [5.74, 6) is 1.12. The van der Waals surface area contributed by atoms with Gasteiger partial charge in [0.25, 0.3) is 0 Å². The van der Waals surface area contributed by atoms with Gasteiger partial charge in [-0.1, -0.05) is 12.1 Å². The minimum Gasteiger partial charge on any atom is -0.497 e. The highest BCUT2D eigenvalue weighted by Gasteiger charge is 2.13. The van der Waals surface area contributed by atoms with Gasteiger partial charge in [0.05, 0.1) is 13.7 Å². The van der Waals surface area contributed by atoms with Crippen LogP contribution in [0.15, 0.2) is 53.5 Å². The topological polar surface area (TPSA) is 103 Å². The number of ether oxygens (including phenoxy) is 1. The van der Waals surface area contributed by atoms with E-state index in [2.05, 4.69) is 20.7 Å². The molecule has 0 atom stereocenters. The molecule has 0 radical (unpaired) electrons. The smallest absolute Gasteiger partial charge is 0.346 e. The van der Waals surface area contributed by atoms with Crippen LogP contribution in [0, 0.1) is 0 Å². The van der Waals surface area contributed by atoms with Gasteiger partial charge in [-0.05, 0) is 24.3 Å². The average Bonchev–Trinajstić information content (AvgIpc) is 2.97. The molecule has 3 aromatic rings. The predicted octanol–water partition coefficient (Wildman–Crippen LogP) is 1.47. The Hall–Kier alpha value is -3.62. The van der Waals surface area contributed by atoms with Crippen molar-refractivity contribution in [2.45, 2.75) is 6.54 Å². The summed E-state index contributed by atoms with van der Waals surface area (Å²) in [6.45, 7) is 0.486. The van der Waals surface area contributed by atoms with Crippen LogP contribution >= 0.6 is 0 Å². The van der Waals surface area contributed by atoms with Crippen molar-refractivity contribution in [1.29, 1.82) is 0 Å². The number of hydrogen-bond acceptors (Lipinski definition) is 5. The Labute approximate surface area is 155 Å². The molecule has 27 heavy (non-hydrogen) atoms. The molecule has 2 aromatic heterocycles. The second-order valence-corrected chi connectivity index (χ2v) is 5.72. The van der Waals surface area contributed by atoms with Crippen molar-refractivity contribution in [2.75, 3.05) is 19.0 Å².